The van der Waals surface area contributed by atoms with E-state index in [2.05, 4.69) is 0 Å². The molecule has 0 spiro atoms. The van der Waals surface area contributed by atoms with Gasteiger partial charge in [-0.3, -0.25) is 4.79 Å². The zero-order chi connectivity index (χ0) is 14.2. The van der Waals surface area contributed by atoms with Gasteiger partial charge in [-0.05, 0) is 24.5 Å². The topological polar surface area (TPSA) is 20.3 Å². The Kier molecular flexibility index (Phi) is 4.04. The lowest BCUT2D eigenvalue weighted by Gasteiger charge is -2.25. The molecule has 0 radical (unpaired) electrons. The van der Waals surface area contributed by atoms with Crippen molar-refractivity contribution in [2.45, 2.75) is 19.4 Å². The Morgan fingerprint density at radius 1 is 1.37 bits per heavy atom. The minimum Gasteiger partial charge on any atom is -0.334 e. The van der Waals surface area contributed by atoms with E-state index in [1.165, 1.54) is 4.90 Å². The monoisotopic (exact) mass is 291 g/mol. The van der Waals surface area contributed by atoms with Crippen molar-refractivity contribution in [3.05, 3.63) is 35.1 Å². The fourth-order valence-electron chi connectivity index (χ4n) is 2.34. The van der Waals surface area contributed by atoms with Gasteiger partial charge < -0.3 is 4.90 Å². The van der Waals surface area contributed by atoms with E-state index in [1.807, 2.05) is 6.92 Å². The molecule has 19 heavy (non-hydrogen) atoms. The molecule has 6 heteroatoms. The van der Waals surface area contributed by atoms with Gasteiger partial charge in [0.25, 0.3) is 5.91 Å². The van der Waals surface area contributed by atoms with Crippen molar-refractivity contribution in [2.75, 3.05) is 12.4 Å². The van der Waals surface area contributed by atoms with Crippen molar-refractivity contribution in [1.29, 1.82) is 0 Å². The summed E-state index contributed by atoms with van der Waals surface area (Å²) in [5.41, 5.74) is -0.455. The molecule has 0 bridgehead atoms. The van der Waals surface area contributed by atoms with Crippen LogP contribution in [0.1, 0.15) is 23.7 Å². The molecule has 0 aromatic heterocycles. The van der Waals surface area contributed by atoms with Crippen molar-refractivity contribution >= 4 is 17.5 Å². The van der Waals surface area contributed by atoms with E-state index in [1.54, 1.807) is 0 Å². The molecule has 0 N–H and O–H groups in total. The first-order valence-corrected chi connectivity index (χ1v) is 6.51. The Labute approximate surface area is 114 Å². The molecular weight excluding hydrogens is 279 g/mol. The number of hydrogen-bond donors (Lipinski definition) is 0. The third kappa shape index (κ3) is 2.43. The van der Waals surface area contributed by atoms with Gasteiger partial charge in [-0.2, -0.15) is 0 Å². The van der Waals surface area contributed by atoms with Gasteiger partial charge in [0, 0.05) is 18.5 Å². The van der Waals surface area contributed by atoms with E-state index in [-0.39, 0.29) is 17.8 Å². The second-order valence-corrected chi connectivity index (χ2v) is 5.02. The normalized spacial score (nSPS) is 22.9. The lowest BCUT2D eigenvalue weighted by atomic mass is 10.0. The molecule has 1 amide bonds. The zero-order valence-corrected chi connectivity index (χ0v) is 11.1. The molecule has 2 nitrogen and oxygen atoms in total. The molecule has 0 aliphatic carbocycles. The number of benzene rings is 1. The molecule has 1 aliphatic rings. The van der Waals surface area contributed by atoms with Crippen molar-refractivity contribution in [1.82, 2.24) is 4.90 Å². The smallest absolute Gasteiger partial charge is 0.257 e. The van der Waals surface area contributed by atoms with Crippen LogP contribution in [0.2, 0.25) is 0 Å². The molecule has 1 heterocycles. The van der Waals surface area contributed by atoms with Crippen LogP contribution in [-0.2, 0) is 0 Å². The van der Waals surface area contributed by atoms with Crippen LogP contribution in [0, 0.1) is 23.4 Å². The summed E-state index contributed by atoms with van der Waals surface area (Å²) in [5, 5.41) is 0. The standard InChI is InChI=1S/C13H13ClF3NO/c1-7-4-5-18(10(7)6-14)13(19)8-2-3-9(15)12(17)11(8)16/h2-3,7,10H,4-6H2,1H3. The average Bonchev–Trinajstić information content (AvgIpc) is 2.76. The number of alkyl halides is 1. The first kappa shape index (κ1) is 14.2. The summed E-state index contributed by atoms with van der Waals surface area (Å²) in [4.78, 5) is 13.6. The second-order valence-electron chi connectivity index (χ2n) is 4.71. The fraction of sp³-hybridized carbons (Fsp3) is 0.462. The minimum atomic E-state index is -1.62. The Morgan fingerprint density at radius 3 is 2.68 bits per heavy atom. The van der Waals surface area contributed by atoms with Crippen LogP contribution in [-0.4, -0.2) is 29.3 Å². The Bertz CT molecular complexity index is 509. The fourth-order valence-corrected chi connectivity index (χ4v) is 2.81. The Morgan fingerprint density at radius 2 is 2.05 bits per heavy atom. The van der Waals surface area contributed by atoms with Crippen molar-refractivity contribution < 1.29 is 18.0 Å². The number of likely N-dealkylation sites (tertiary alicyclic amines) is 1. The first-order valence-electron chi connectivity index (χ1n) is 5.97. The quantitative estimate of drug-likeness (QED) is 0.605. The molecule has 2 rings (SSSR count). The molecule has 1 fully saturated rings. The molecule has 0 saturated carbocycles. The van der Waals surface area contributed by atoms with E-state index >= 15 is 0 Å². The van der Waals surface area contributed by atoms with Gasteiger partial charge in [0.15, 0.2) is 17.5 Å². The molecule has 2 atom stereocenters. The van der Waals surface area contributed by atoms with Crippen LogP contribution >= 0.6 is 11.6 Å². The van der Waals surface area contributed by atoms with Gasteiger partial charge >= 0.3 is 0 Å². The lowest BCUT2D eigenvalue weighted by molar-refractivity contribution is 0.0731. The third-order valence-electron chi connectivity index (χ3n) is 3.57. The van der Waals surface area contributed by atoms with E-state index in [0.717, 1.165) is 18.6 Å². The number of carbonyl (C=O) groups excluding carboxylic acids is 1. The third-order valence-corrected chi connectivity index (χ3v) is 3.88. The summed E-state index contributed by atoms with van der Waals surface area (Å²) in [7, 11) is 0. The Balaban J connectivity index is 2.33. The highest BCUT2D eigenvalue weighted by molar-refractivity contribution is 6.18. The maximum atomic E-state index is 13.6. The SMILES string of the molecule is CC1CCN(C(=O)c2ccc(F)c(F)c2F)C1CCl. The molecule has 1 aromatic carbocycles. The maximum Gasteiger partial charge on any atom is 0.257 e. The van der Waals surface area contributed by atoms with Gasteiger partial charge in [-0.1, -0.05) is 6.92 Å². The summed E-state index contributed by atoms with van der Waals surface area (Å²) >= 11 is 5.80. The van der Waals surface area contributed by atoms with Crippen LogP contribution in [0.25, 0.3) is 0 Å². The summed E-state index contributed by atoms with van der Waals surface area (Å²) in [6, 6.07) is 1.51. The summed E-state index contributed by atoms with van der Waals surface area (Å²) < 4.78 is 39.6. The van der Waals surface area contributed by atoms with Gasteiger partial charge in [-0.15, -0.1) is 11.6 Å². The maximum absolute atomic E-state index is 13.6. The zero-order valence-electron chi connectivity index (χ0n) is 10.3. The van der Waals surface area contributed by atoms with Crippen LogP contribution in [0.4, 0.5) is 13.2 Å². The predicted octanol–water partition coefficient (Wildman–Crippen LogP) is 3.19. The highest BCUT2D eigenvalue weighted by atomic mass is 35.5. The Hall–Kier alpha value is -1.23. The van der Waals surface area contributed by atoms with Crippen molar-refractivity contribution in [2.24, 2.45) is 5.92 Å². The molecular formula is C13H13ClF3NO. The summed E-state index contributed by atoms with van der Waals surface area (Å²) in [5.74, 6) is -4.59. The number of nitrogens with zero attached hydrogens (tertiary/aromatic N) is 1. The highest BCUT2D eigenvalue weighted by Crippen LogP contribution is 2.27. The van der Waals surface area contributed by atoms with Crippen molar-refractivity contribution in [3.8, 4) is 0 Å². The number of amides is 1. The van der Waals surface area contributed by atoms with Gasteiger partial charge in [-0.25, -0.2) is 13.2 Å². The number of rotatable bonds is 2. The number of hydrogen-bond acceptors (Lipinski definition) is 1. The van der Waals surface area contributed by atoms with Crippen LogP contribution in [0.15, 0.2) is 12.1 Å². The van der Waals surface area contributed by atoms with Crippen LogP contribution in [0.3, 0.4) is 0 Å². The van der Waals surface area contributed by atoms with E-state index < -0.39 is 28.9 Å². The van der Waals surface area contributed by atoms with E-state index in [9.17, 15) is 18.0 Å². The highest BCUT2D eigenvalue weighted by Gasteiger charge is 2.35. The van der Waals surface area contributed by atoms with E-state index in [0.29, 0.717) is 6.54 Å². The predicted molar refractivity (Wildman–Crippen MR) is 65.6 cm³/mol. The molecule has 104 valence electrons. The molecule has 2 unspecified atom stereocenters. The van der Waals surface area contributed by atoms with Gasteiger partial charge in [0.05, 0.1) is 5.56 Å². The second kappa shape index (κ2) is 5.41. The summed E-state index contributed by atoms with van der Waals surface area (Å²) in [6.45, 7) is 2.39. The molecule has 1 saturated heterocycles. The first-order chi connectivity index (χ1) is 8.97. The van der Waals surface area contributed by atoms with Gasteiger partial charge in [0.2, 0.25) is 0 Å². The van der Waals surface area contributed by atoms with Gasteiger partial charge in [0.1, 0.15) is 0 Å². The number of halogens is 4. The van der Waals surface area contributed by atoms with Crippen LogP contribution in [0.5, 0.6) is 0 Å². The molecule has 1 aliphatic heterocycles. The summed E-state index contributed by atoms with van der Waals surface area (Å²) in [6.07, 6.45) is 0.758. The largest absolute Gasteiger partial charge is 0.334 e. The lowest BCUT2D eigenvalue weighted by Crippen LogP contribution is -2.39. The van der Waals surface area contributed by atoms with Crippen LogP contribution < -0.4 is 0 Å². The average molecular weight is 292 g/mol. The minimum absolute atomic E-state index is 0.204. The van der Waals surface area contributed by atoms with E-state index in [4.69, 9.17) is 11.6 Å². The molecule has 1 aromatic rings. The van der Waals surface area contributed by atoms with Crippen molar-refractivity contribution in [3.63, 3.8) is 0 Å². The number of carbonyl (C=O) groups is 1.